The van der Waals surface area contributed by atoms with E-state index in [-0.39, 0.29) is 0 Å². The monoisotopic (exact) mass is 319 g/mol. The first-order valence-electron chi connectivity index (χ1n) is 4.53. The van der Waals surface area contributed by atoms with Gasteiger partial charge in [0.05, 0.1) is 10.9 Å². The summed E-state index contributed by atoms with van der Waals surface area (Å²) < 4.78 is 2.77. The minimum Gasteiger partial charge on any atom is -0.313 e. The van der Waals surface area contributed by atoms with Crippen LogP contribution < -0.4 is 0 Å². The number of aromatic nitrogens is 3. The van der Waals surface area contributed by atoms with Crippen molar-refractivity contribution in [1.82, 2.24) is 14.8 Å². The first-order valence-corrected chi connectivity index (χ1v) is 6.23. The number of hydrogen-bond donors (Lipinski definition) is 0. The van der Waals surface area contributed by atoms with Gasteiger partial charge in [0.2, 0.25) is 0 Å². The summed E-state index contributed by atoms with van der Waals surface area (Å²) in [5.74, 6) is 1.77. The summed E-state index contributed by atoms with van der Waals surface area (Å²) in [5.41, 5.74) is 0.844. The Morgan fingerprint density at radius 2 is 2.12 bits per heavy atom. The van der Waals surface area contributed by atoms with Crippen molar-refractivity contribution in [3.05, 3.63) is 33.5 Å². The van der Waals surface area contributed by atoms with Crippen LogP contribution >= 0.6 is 39.1 Å². The van der Waals surface area contributed by atoms with E-state index < -0.39 is 0 Å². The molecule has 6 heteroatoms. The molecule has 0 aliphatic rings. The average Bonchev–Trinajstić information content (AvgIpc) is 2.60. The highest BCUT2D eigenvalue weighted by atomic mass is 79.9. The molecule has 2 aromatic rings. The predicted molar refractivity (Wildman–Crippen MR) is 68.7 cm³/mol. The number of benzene rings is 1. The minimum atomic E-state index is 0.331. The van der Waals surface area contributed by atoms with Crippen molar-refractivity contribution in [3.63, 3.8) is 0 Å². The third-order valence-electron chi connectivity index (χ3n) is 2.26. The Hall–Kier alpha value is -0.580. The number of alkyl halides is 1. The normalized spacial score (nSPS) is 10.8. The zero-order chi connectivity index (χ0) is 11.7. The zero-order valence-corrected chi connectivity index (χ0v) is 11.5. The van der Waals surface area contributed by atoms with Crippen LogP contribution in [0.3, 0.4) is 0 Å². The van der Waals surface area contributed by atoms with Gasteiger partial charge in [0.15, 0.2) is 5.82 Å². The Morgan fingerprint density at radius 1 is 1.38 bits per heavy atom. The molecular formula is C10H8BrCl2N3. The molecule has 1 aromatic heterocycles. The highest BCUT2D eigenvalue weighted by Gasteiger charge is 2.12. The van der Waals surface area contributed by atoms with E-state index in [2.05, 4.69) is 26.1 Å². The predicted octanol–water partition coefficient (Wildman–Crippen LogP) is 3.64. The molecule has 0 aliphatic carbocycles. The molecule has 16 heavy (non-hydrogen) atoms. The van der Waals surface area contributed by atoms with Crippen LogP contribution in [0.4, 0.5) is 0 Å². The smallest absolute Gasteiger partial charge is 0.165 e. The standard InChI is InChI=1S/C10H8BrCl2N3/c1-16-9(5-12)14-15-10(16)7-3-2-6(11)4-8(7)13/h2-4H,5H2,1H3. The summed E-state index contributed by atoms with van der Waals surface area (Å²) in [6.07, 6.45) is 0. The fourth-order valence-electron chi connectivity index (χ4n) is 1.38. The van der Waals surface area contributed by atoms with Gasteiger partial charge in [0.1, 0.15) is 5.82 Å². The van der Waals surface area contributed by atoms with Gasteiger partial charge < -0.3 is 4.57 Å². The molecule has 0 bridgehead atoms. The van der Waals surface area contributed by atoms with Crippen molar-refractivity contribution < 1.29 is 0 Å². The van der Waals surface area contributed by atoms with E-state index in [0.717, 1.165) is 15.9 Å². The fourth-order valence-corrected chi connectivity index (χ4v) is 2.37. The van der Waals surface area contributed by atoms with E-state index in [1.54, 1.807) is 0 Å². The number of rotatable bonds is 2. The van der Waals surface area contributed by atoms with Crippen LogP contribution in [0.25, 0.3) is 11.4 Å². The maximum Gasteiger partial charge on any atom is 0.165 e. The van der Waals surface area contributed by atoms with Gasteiger partial charge in [-0.3, -0.25) is 0 Å². The molecule has 0 fully saturated rings. The van der Waals surface area contributed by atoms with E-state index in [9.17, 15) is 0 Å². The fraction of sp³-hybridized carbons (Fsp3) is 0.200. The summed E-state index contributed by atoms with van der Waals surface area (Å²) in [7, 11) is 1.87. The molecule has 1 aromatic carbocycles. The van der Waals surface area contributed by atoms with Crippen LogP contribution in [0, 0.1) is 0 Å². The summed E-state index contributed by atoms with van der Waals surface area (Å²) in [6, 6.07) is 5.64. The molecule has 2 rings (SSSR count). The molecule has 0 radical (unpaired) electrons. The van der Waals surface area contributed by atoms with Crippen LogP contribution in [-0.4, -0.2) is 14.8 Å². The molecule has 0 amide bonds. The minimum absolute atomic E-state index is 0.331. The molecule has 0 saturated carbocycles. The van der Waals surface area contributed by atoms with E-state index in [1.165, 1.54) is 0 Å². The molecule has 0 saturated heterocycles. The molecular weight excluding hydrogens is 313 g/mol. The van der Waals surface area contributed by atoms with Crippen LogP contribution in [0.1, 0.15) is 5.82 Å². The van der Waals surface area contributed by atoms with Gasteiger partial charge in [-0.1, -0.05) is 27.5 Å². The van der Waals surface area contributed by atoms with Crippen molar-refractivity contribution in [2.75, 3.05) is 0 Å². The van der Waals surface area contributed by atoms with E-state index in [4.69, 9.17) is 23.2 Å². The van der Waals surface area contributed by atoms with Gasteiger partial charge >= 0.3 is 0 Å². The van der Waals surface area contributed by atoms with Crippen molar-refractivity contribution >= 4 is 39.1 Å². The first kappa shape index (κ1) is 11.9. The second kappa shape index (κ2) is 4.73. The maximum atomic E-state index is 6.14. The van der Waals surface area contributed by atoms with Gasteiger partial charge in [-0.05, 0) is 18.2 Å². The van der Waals surface area contributed by atoms with Gasteiger partial charge in [-0.25, -0.2) is 0 Å². The average molecular weight is 321 g/mol. The Labute approximate surface area is 112 Å². The molecule has 0 N–H and O–H groups in total. The van der Waals surface area contributed by atoms with Crippen molar-refractivity contribution in [2.45, 2.75) is 5.88 Å². The third-order valence-corrected chi connectivity index (χ3v) is 3.30. The molecule has 84 valence electrons. The van der Waals surface area contributed by atoms with Gasteiger partial charge in [-0.15, -0.1) is 21.8 Å². The molecule has 0 spiro atoms. The van der Waals surface area contributed by atoms with Crippen molar-refractivity contribution in [3.8, 4) is 11.4 Å². The van der Waals surface area contributed by atoms with Crippen LogP contribution in [-0.2, 0) is 12.9 Å². The molecule has 0 aliphatic heterocycles. The second-order valence-corrected chi connectivity index (χ2v) is 4.85. The lowest BCUT2D eigenvalue weighted by molar-refractivity contribution is 0.853. The van der Waals surface area contributed by atoms with Crippen LogP contribution in [0.15, 0.2) is 22.7 Å². The molecule has 0 unspecified atom stereocenters. The number of hydrogen-bond acceptors (Lipinski definition) is 2. The quantitative estimate of drug-likeness (QED) is 0.791. The van der Waals surface area contributed by atoms with Crippen molar-refractivity contribution in [1.29, 1.82) is 0 Å². The number of nitrogens with zero attached hydrogens (tertiary/aromatic N) is 3. The third kappa shape index (κ3) is 2.10. The summed E-state index contributed by atoms with van der Waals surface area (Å²) in [4.78, 5) is 0. The topological polar surface area (TPSA) is 30.7 Å². The second-order valence-electron chi connectivity index (χ2n) is 3.26. The van der Waals surface area contributed by atoms with Gasteiger partial charge in [0, 0.05) is 17.1 Å². The van der Waals surface area contributed by atoms with Gasteiger partial charge in [-0.2, -0.15) is 0 Å². The van der Waals surface area contributed by atoms with Crippen LogP contribution in [0.5, 0.6) is 0 Å². The Kier molecular flexibility index (Phi) is 3.52. The molecule has 0 atom stereocenters. The Bertz CT molecular complexity index is 525. The van der Waals surface area contributed by atoms with E-state index >= 15 is 0 Å². The highest BCUT2D eigenvalue weighted by molar-refractivity contribution is 9.10. The molecule has 1 heterocycles. The van der Waals surface area contributed by atoms with Gasteiger partial charge in [0.25, 0.3) is 0 Å². The van der Waals surface area contributed by atoms with Crippen LogP contribution in [0.2, 0.25) is 5.02 Å². The zero-order valence-electron chi connectivity index (χ0n) is 8.41. The SMILES string of the molecule is Cn1c(CCl)nnc1-c1ccc(Br)cc1Cl. The molecule has 3 nitrogen and oxygen atoms in total. The largest absolute Gasteiger partial charge is 0.313 e. The maximum absolute atomic E-state index is 6.14. The van der Waals surface area contributed by atoms with Crippen molar-refractivity contribution in [2.24, 2.45) is 7.05 Å². The summed E-state index contributed by atoms with van der Waals surface area (Å²) in [5, 5.41) is 8.69. The highest BCUT2D eigenvalue weighted by Crippen LogP contribution is 2.29. The van der Waals surface area contributed by atoms with E-state index in [1.807, 2.05) is 29.8 Å². The summed E-state index contributed by atoms with van der Waals surface area (Å²) >= 11 is 15.2. The lowest BCUT2D eigenvalue weighted by Gasteiger charge is -2.04. The Balaban J connectivity index is 2.54. The Morgan fingerprint density at radius 3 is 2.69 bits per heavy atom. The summed E-state index contributed by atoms with van der Waals surface area (Å²) in [6.45, 7) is 0. The van der Waals surface area contributed by atoms with E-state index in [0.29, 0.717) is 16.7 Å². The lowest BCUT2D eigenvalue weighted by atomic mass is 10.2. The number of halogens is 3. The first-order chi connectivity index (χ1) is 7.63. The lowest BCUT2D eigenvalue weighted by Crippen LogP contribution is -1.97.